The molecule has 1 aromatic carbocycles. The van der Waals surface area contributed by atoms with Crippen molar-refractivity contribution in [2.45, 2.75) is 18.0 Å². The maximum Gasteiger partial charge on any atom is 0.417 e. The van der Waals surface area contributed by atoms with Crippen molar-refractivity contribution in [2.24, 2.45) is 7.05 Å². The van der Waals surface area contributed by atoms with Crippen LogP contribution in [0.5, 0.6) is 0 Å². The molecule has 3 aromatic rings. The van der Waals surface area contributed by atoms with Gasteiger partial charge in [0.05, 0.1) is 27.8 Å². The molecular weight excluding hydrogens is 407 g/mol. The molecule has 3 rings (SSSR count). The zero-order valence-corrected chi connectivity index (χ0v) is 16.1. The molecule has 2 heterocycles. The number of rotatable bonds is 4. The largest absolute Gasteiger partial charge is 0.417 e. The molecule has 7 nitrogen and oxygen atoms in total. The zero-order valence-electron chi connectivity index (χ0n) is 15.3. The van der Waals surface area contributed by atoms with Gasteiger partial charge in [-0.25, -0.2) is 8.42 Å². The molecule has 2 aromatic heterocycles. The van der Waals surface area contributed by atoms with Crippen LogP contribution in [0, 0.1) is 11.3 Å². The van der Waals surface area contributed by atoms with E-state index in [9.17, 15) is 21.6 Å². The summed E-state index contributed by atoms with van der Waals surface area (Å²) >= 11 is 0. The summed E-state index contributed by atoms with van der Waals surface area (Å²) in [6.07, 6.45) is -4.18. The third-order valence-corrected chi connectivity index (χ3v) is 5.97. The van der Waals surface area contributed by atoms with E-state index in [0.717, 1.165) is 0 Å². The average Bonchev–Trinajstić information content (AvgIpc) is 3.08. The van der Waals surface area contributed by atoms with Crippen LogP contribution in [-0.4, -0.2) is 33.9 Å². The van der Waals surface area contributed by atoms with Crippen molar-refractivity contribution in [2.75, 3.05) is 5.75 Å². The van der Waals surface area contributed by atoms with Crippen molar-refractivity contribution >= 4 is 9.84 Å². The molecule has 0 aliphatic heterocycles. The van der Waals surface area contributed by atoms with Gasteiger partial charge in [-0.1, -0.05) is 19.1 Å². The molecule has 0 unspecified atom stereocenters. The minimum atomic E-state index is -4.74. The minimum Gasteiger partial charge on any atom is -0.309 e. The van der Waals surface area contributed by atoms with E-state index >= 15 is 0 Å². The van der Waals surface area contributed by atoms with Gasteiger partial charge >= 0.3 is 6.18 Å². The summed E-state index contributed by atoms with van der Waals surface area (Å²) in [6, 6.07) is 9.05. The summed E-state index contributed by atoms with van der Waals surface area (Å²) in [5.41, 5.74) is -0.471. The van der Waals surface area contributed by atoms with Crippen LogP contribution in [0.15, 0.2) is 41.4 Å². The van der Waals surface area contributed by atoms with E-state index in [4.69, 9.17) is 5.26 Å². The Hall–Kier alpha value is -3.26. The van der Waals surface area contributed by atoms with E-state index in [2.05, 4.69) is 15.2 Å². The lowest BCUT2D eigenvalue weighted by atomic mass is 10.1. The maximum absolute atomic E-state index is 13.1. The monoisotopic (exact) mass is 421 g/mol. The van der Waals surface area contributed by atoms with Gasteiger partial charge in [-0.3, -0.25) is 4.98 Å². The predicted molar refractivity (Wildman–Crippen MR) is 97.1 cm³/mol. The summed E-state index contributed by atoms with van der Waals surface area (Å²) in [5, 5.41) is 17.0. The van der Waals surface area contributed by atoms with Gasteiger partial charge in [-0.2, -0.15) is 18.4 Å². The van der Waals surface area contributed by atoms with E-state index in [1.54, 1.807) is 24.3 Å². The first-order valence-electron chi connectivity index (χ1n) is 8.28. The Bertz CT molecular complexity index is 1230. The van der Waals surface area contributed by atoms with Crippen molar-refractivity contribution in [3.05, 3.63) is 47.7 Å². The Morgan fingerprint density at radius 2 is 1.86 bits per heavy atom. The molecule has 0 aliphatic carbocycles. The van der Waals surface area contributed by atoms with E-state index in [1.807, 2.05) is 6.07 Å². The summed E-state index contributed by atoms with van der Waals surface area (Å²) in [4.78, 5) is 3.19. The average molecular weight is 421 g/mol. The quantitative estimate of drug-likeness (QED) is 0.641. The summed E-state index contributed by atoms with van der Waals surface area (Å²) in [6.45, 7) is 1.33. The van der Waals surface area contributed by atoms with Crippen molar-refractivity contribution in [3.8, 4) is 29.0 Å². The Balaban J connectivity index is 2.22. The highest BCUT2D eigenvalue weighted by Gasteiger charge is 2.34. The second-order valence-corrected chi connectivity index (χ2v) is 8.32. The molecule has 0 saturated carbocycles. The van der Waals surface area contributed by atoms with Gasteiger partial charge in [0.1, 0.15) is 5.69 Å². The topological polar surface area (TPSA) is 102 Å². The highest BCUT2D eigenvalue weighted by molar-refractivity contribution is 7.91. The number of nitriles is 1. The molecule has 11 heteroatoms. The van der Waals surface area contributed by atoms with Crippen molar-refractivity contribution in [1.82, 2.24) is 19.7 Å². The third kappa shape index (κ3) is 3.84. The first-order valence-corrected chi connectivity index (χ1v) is 9.94. The number of aromatic nitrogens is 4. The SMILES string of the molecule is CCS(=O)(=O)c1cc(C(F)(F)F)cnc1-c1nnc(-c2cccc(C#N)c2)n1C. The van der Waals surface area contributed by atoms with Crippen molar-refractivity contribution in [1.29, 1.82) is 5.26 Å². The van der Waals surface area contributed by atoms with Gasteiger partial charge in [0.25, 0.3) is 0 Å². The van der Waals surface area contributed by atoms with E-state index in [0.29, 0.717) is 29.2 Å². The first-order chi connectivity index (χ1) is 13.6. The lowest BCUT2D eigenvalue weighted by Crippen LogP contribution is -2.13. The highest BCUT2D eigenvalue weighted by atomic mass is 32.2. The predicted octanol–water partition coefficient (Wildman–Crippen LogP) is 3.23. The lowest BCUT2D eigenvalue weighted by molar-refractivity contribution is -0.138. The smallest absolute Gasteiger partial charge is 0.309 e. The van der Waals surface area contributed by atoms with Gasteiger partial charge in [-0.15, -0.1) is 10.2 Å². The second kappa shape index (κ2) is 7.29. The standard InChI is InChI=1S/C18H14F3N5O2S/c1-3-29(27,28)14-8-13(18(19,20)21)10-23-15(14)17-25-24-16(26(17)2)12-6-4-5-11(7-12)9-22/h4-8,10H,3H2,1-2H3. The molecule has 0 bridgehead atoms. The molecule has 0 saturated heterocycles. The normalized spacial score (nSPS) is 12.0. The number of benzene rings is 1. The first kappa shape index (κ1) is 20.5. The zero-order chi connectivity index (χ0) is 21.4. The fourth-order valence-corrected chi connectivity index (χ4v) is 3.73. The van der Waals surface area contributed by atoms with Crippen LogP contribution < -0.4 is 0 Å². The molecule has 0 N–H and O–H groups in total. The number of hydrogen-bond acceptors (Lipinski definition) is 6. The highest BCUT2D eigenvalue weighted by Crippen LogP contribution is 2.34. The summed E-state index contributed by atoms with van der Waals surface area (Å²) < 4.78 is 65.5. The van der Waals surface area contributed by atoms with Crippen LogP contribution >= 0.6 is 0 Å². The van der Waals surface area contributed by atoms with Gasteiger partial charge in [0.2, 0.25) is 0 Å². The van der Waals surface area contributed by atoms with Crippen molar-refractivity contribution < 1.29 is 21.6 Å². The maximum atomic E-state index is 13.1. The number of nitrogens with zero attached hydrogens (tertiary/aromatic N) is 5. The summed E-state index contributed by atoms with van der Waals surface area (Å²) in [7, 11) is -2.50. The van der Waals surface area contributed by atoms with Crippen LogP contribution in [0.4, 0.5) is 13.2 Å². The molecule has 0 radical (unpaired) electrons. The van der Waals surface area contributed by atoms with E-state index in [1.165, 1.54) is 18.5 Å². The fraction of sp³-hybridized carbons (Fsp3) is 0.222. The van der Waals surface area contributed by atoms with E-state index < -0.39 is 32.2 Å². The molecule has 0 atom stereocenters. The lowest BCUT2D eigenvalue weighted by Gasteiger charge is -2.12. The number of halogens is 3. The number of pyridine rings is 1. The molecule has 0 fully saturated rings. The van der Waals surface area contributed by atoms with Crippen LogP contribution in [0.3, 0.4) is 0 Å². The van der Waals surface area contributed by atoms with Crippen LogP contribution in [0.25, 0.3) is 22.9 Å². The Morgan fingerprint density at radius 3 is 2.48 bits per heavy atom. The molecular formula is C18H14F3N5O2S. The van der Waals surface area contributed by atoms with Crippen LogP contribution in [0.2, 0.25) is 0 Å². The Labute approximate surface area is 164 Å². The summed E-state index contributed by atoms with van der Waals surface area (Å²) in [5.74, 6) is -0.112. The van der Waals surface area contributed by atoms with Crippen LogP contribution in [-0.2, 0) is 23.1 Å². The molecule has 0 amide bonds. The third-order valence-electron chi connectivity index (χ3n) is 4.23. The minimum absolute atomic E-state index is 0.0110. The number of hydrogen-bond donors (Lipinski definition) is 0. The van der Waals surface area contributed by atoms with E-state index in [-0.39, 0.29) is 11.5 Å². The van der Waals surface area contributed by atoms with Gasteiger partial charge < -0.3 is 4.57 Å². The Kier molecular flexibility index (Phi) is 5.15. The molecule has 0 spiro atoms. The number of alkyl halides is 3. The second-order valence-electron chi connectivity index (χ2n) is 6.07. The van der Waals surface area contributed by atoms with Crippen LogP contribution in [0.1, 0.15) is 18.1 Å². The molecule has 29 heavy (non-hydrogen) atoms. The van der Waals surface area contributed by atoms with Gasteiger partial charge in [0.15, 0.2) is 21.5 Å². The number of sulfone groups is 1. The Morgan fingerprint density at radius 1 is 1.17 bits per heavy atom. The van der Waals surface area contributed by atoms with Crippen molar-refractivity contribution in [3.63, 3.8) is 0 Å². The molecule has 0 aliphatic rings. The van der Waals surface area contributed by atoms with Gasteiger partial charge in [-0.05, 0) is 18.2 Å². The molecule has 150 valence electrons. The fourth-order valence-electron chi connectivity index (χ4n) is 2.67. The van der Waals surface area contributed by atoms with Gasteiger partial charge in [0, 0.05) is 18.8 Å².